The lowest BCUT2D eigenvalue weighted by Crippen LogP contribution is -2.50. The molecule has 1 aromatic heterocycles. The first kappa shape index (κ1) is 22.7. The molecule has 1 amide bonds. The van der Waals surface area contributed by atoms with E-state index in [-0.39, 0.29) is 5.56 Å². The number of rotatable bonds is 7. The maximum Gasteiger partial charge on any atom is 0.329 e. The van der Waals surface area contributed by atoms with Gasteiger partial charge in [0.25, 0.3) is 5.91 Å². The van der Waals surface area contributed by atoms with Gasteiger partial charge in [-0.1, -0.05) is 36.4 Å². The highest BCUT2D eigenvalue weighted by atomic mass is 16.5. The average Bonchev–Trinajstić information content (AvgIpc) is 2.83. The minimum Gasteiger partial charge on any atom is -0.469 e. The Bertz CT molecular complexity index is 1140. The summed E-state index contributed by atoms with van der Waals surface area (Å²) < 4.78 is 14.2. The molecule has 0 unspecified atom stereocenters. The Labute approximate surface area is 183 Å². The summed E-state index contributed by atoms with van der Waals surface area (Å²) in [7, 11) is 3.38. The molecule has 2 aromatic carbocycles. The zero-order valence-corrected chi connectivity index (χ0v) is 17.8. The molecule has 0 aliphatic carbocycles. The first-order valence-electron chi connectivity index (χ1n) is 9.72. The summed E-state index contributed by atoms with van der Waals surface area (Å²) in [5, 5.41) is 3.69. The van der Waals surface area contributed by atoms with E-state index < -0.39 is 42.2 Å². The van der Waals surface area contributed by atoms with Gasteiger partial charge >= 0.3 is 17.9 Å². The van der Waals surface area contributed by atoms with Crippen molar-refractivity contribution in [3.8, 4) is 0 Å². The minimum atomic E-state index is -1.48. The van der Waals surface area contributed by atoms with E-state index in [2.05, 4.69) is 15.0 Å². The molecule has 2 atom stereocenters. The molecule has 0 radical (unpaired) electrons. The van der Waals surface area contributed by atoms with Gasteiger partial charge in [-0.3, -0.25) is 14.4 Å². The zero-order valence-electron chi connectivity index (χ0n) is 17.8. The van der Waals surface area contributed by atoms with Crippen molar-refractivity contribution in [1.82, 2.24) is 10.3 Å². The summed E-state index contributed by atoms with van der Waals surface area (Å²) in [6.07, 6.45) is -0.485. The monoisotopic (exact) mass is 438 g/mol. The molecule has 9 heteroatoms. The van der Waals surface area contributed by atoms with Crippen LogP contribution in [0.5, 0.6) is 0 Å². The second-order valence-corrected chi connectivity index (χ2v) is 6.91. The van der Waals surface area contributed by atoms with Gasteiger partial charge in [-0.05, 0) is 12.1 Å². The highest BCUT2D eigenvalue weighted by Gasteiger charge is 2.39. The van der Waals surface area contributed by atoms with E-state index in [1.165, 1.54) is 0 Å². The molecule has 32 heavy (non-hydrogen) atoms. The van der Waals surface area contributed by atoms with E-state index >= 15 is 0 Å². The van der Waals surface area contributed by atoms with Crippen LogP contribution in [0.25, 0.3) is 21.8 Å². The number of benzene rings is 2. The largest absolute Gasteiger partial charge is 0.469 e. The number of methoxy groups -OCH3 is 3. The normalized spacial score (nSPS) is 12.6. The Morgan fingerprint density at radius 1 is 0.812 bits per heavy atom. The van der Waals surface area contributed by atoms with Crippen LogP contribution < -0.4 is 5.32 Å². The second-order valence-electron chi connectivity index (χ2n) is 6.91. The maximum absolute atomic E-state index is 13.5. The lowest BCUT2D eigenvalue weighted by atomic mass is 9.94. The summed E-state index contributed by atoms with van der Waals surface area (Å²) in [6.45, 7) is 0. The maximum atomic E-state index is 13.5. The van der Waals surface area contributed by atoms with Crippen LogP contribution in [-0.2, 0) is 28.6 Å². The van der Waals surface area contributed by atoms with E-state index in [9.17, 15) is 19.2 Å². The molecule has 0 fully saturated rings. The van der Waals surface area contributed by atoms with Gasteiger partial charge in [0.2, 0.25) is 0 Å². The third kappa shape index (κ3) is 4.51. The standard InChI is InChI=1S/C23H22N2O7/c1-30-18(26)12-15(22(28)31-2)20(23(29)32-3)25-21(27)19-13-8-4-6-10-16(13)24-17-11-7-5-9-14(17)19/h4-11,15,20H,12H2,1-3H3,(H,25,27)/t15-,20+/m0/s1. The molecule has 0 saturated carbocycles. The van der Waals surface area contributed by atoms with Crippen LogP contribution in [-0.4, -0.2) is 56.2 Å². The van der Waals surface area contributed by atoms with Gasteiger partial charge in [0, 0.05) is 10.8 Å². The van der Waals surface area contributed by atoms with E-state index in [0.29, 0.717) is 21.8 Å². The van der Waals surface area contributed by atoms with Crippen LogP contribution >= 0.6 is 0 Å². The number of hydrogen-bond donors (Lipinski definition) is 1. The molecular formula is C23H22N2O7. The van der Waals surface area contributed by atoms with Crippen molar-refractivity contribution in [3.05, 3.63) is 54.1 Å². The Balaban J connectivity index is 2.10. The van der Waals surface area contributed by atoms with Gasteiger partial charge in [-0.25, -0.2) is 9.78 Å². The Hall–Kier alpha value is -4.01. The summed E-state index contributed by atoms with van der Waals surface area (Å²) >= 11 is 0. The smallest absolute Gasteiger partial charge is 0.329 e. The predicted molar refractivity (Wildman–Crippen MR) is 115 cm³/mol. The molecule has 0 saturated heterocycles. The van der Waals surface area contributed by atoms with E-state index in [1.807, 2.05) is 0 Å². The predicted octanol–water partition coefficient (Wildman–Crippen LogP) is 2.01. The molecule has 166 valence electrons. The molecule has 0 spiro atoms. The zero-order chi connectivity index (χ0) is 23.3. The summed E-state index contributed by atoms with van der Waals surface area (Å²) in [5.41, 5.74) is 1.46. The summed E-state index contributed by atoms with van der Waals surface area (Å²) in [4.78, 5) is 54.8. The fourth-order valence-corrected chi connectivity index (χ4v) is 3.50. The number of pyridine rings is 1. The molecule has 1 N–H and O–H groups in total. The van der Waals surface area contributed by atoms with Crippen LogP contribution in [0, 0.1) is 5.92 Å². The number of esters is 3. The van der Waals surface area contributed by atoms with Crippen molar-refractivity contribution in [2.75, 3.05) is 21.3 Å². The summed E-state index contributed by atoms with van der Waals surface area (Å²) in [5.74, 6) is -4.49. The molecule has 1 heterocycles. The number of nitrogens with one attached hydrogen (secondary N) is 1. The fourth-order valence-electron chi connectivity index (χ4n) is 3.50. The number of fused-ring (bicyclic) bond motifs is 2. The van der Waals surface area contributed by atoms with Crippen molar-refractivity contribution in [3.63, 3.8) is 0 Å². The van der Waals surface area contributed by atoms with E-state index in [1.54, 1.807) is 48.5 Å². The average molecular weight is 438 g/mol. The Morgan fingerprint density at radius 2 is 1.34 bits per heavy atom. The Morgan fingerprint density at radius 3 is 1.84 bits per heavy atom. The Kier molecular flexibility index (Phi) is 6.99. The number of carbonyl (C=O) groups excluding carboxylic acids is 4. The van der Waals surface area contributed by atoms with Crippen molar-refractivity contribution in [1.29, 1.82) is 0 Å². The van der Waals surface area contributed by atoms with Gasteiger partial charge < -0.3 is 19.5 Å². The fraction of sp³-hybridized carbons (Fsp3) is 0.261. The van der Waals surface area contributed by atoms with Crippen LogP contribution in [0.2, 0.25) is 0 Å². The number of para-hydroxylation sites is 2. The van der Waals surface area contributed by atoms with Crippen molar-refractivity contribution >= 4 is 45.6 Å². The molecular weight excluding hydrogens is 416 g/mol. The SMILES string of the molecule is COC(=O)C[C@H](C(=O)OC)[C@@H](NC(=O)c1c2ccccc2nc2ccccc12)C(=O)OC. The highest BCUT2D eigenvalue weighted by molar-refractivity contribution is 6.16. The van der Waals surface area contributed by atoms with Gasteiger partial charge in [0.15, 0.2) is 0 Å². The van der Waals surface area contributed by atoms with Crippen LogP contribution in [0.1, 0.15) is 16.8 Å². The third-order valence-corrected chi connectivity index (χ3v) is 5.08. The molecule has 3 aromatic rings. The number of ether oxygens (including phenoxy) is 3. The number of hydrogen-bond acceptors (Lipinski definition) is 8. The lowest BCUT2D eigenvalue weighted by molar-refractivity contribution is -0.158. The first-order chi connectivity index (χ1) is 15.4. The number of aromatic nitrogens is 1. The van der Waals surface area contributed by atoms with Gasteiger partial charge in [0.05, 0.1) is 50.3 Å². The highest BCUT2D eigenvalue weighted by Crippen LogP contribution is 2.26. The summed E-state index contributed by atoms with van der Waals surface area (Å²) in [6, 6.07) is 12.7. The first-order valence-corrected chi connectivity index (χ1v) is 9.72. The van der Waals surface area contributed by atoms with E-state index in [0.717, 1.165) is 21.3 Å². The van der Waals surface area contributed by atoms with Gasteiger partial charge in [-0.2, -0.15) is 0 Å². The number of amides is 1. The van der Waals surface area contributed by atoms with E-state index in [4.69, 9.17) is 9.47 Å². The topological polar surface area (TPSA) is 121 Å². The van der Waals surface area contributed by atoms with Crippen LogP contribution in [0.4, 0.5) is 0 Å². The molecule has 3 rings (SSSR count). The van der Waals surface area contributed by atoms with Gasteiger partial charge in [-0.15, -0.1) is 0 Å². The van der Waals surface area contributed by atoms with Crippen molar-refractivity contribution in [2.45, 2.75) is 12.5 Å². The molecule has 0 bridgehead atoms. The molecule has 0 aliphatic heterocycles. The lowest BCUT2D eigenvalue weighted by Gasteiger charge is -2.24. The number of carbonyl (C=O) groups is 4. The molecule has 0 aliphatic rings. The minimum absolute atomic E-state index is 0.279. The van der Waals surface area contributed by atoms with Crippen molar-refractivity contribution in [2.24, 2.45) is 5.92 Å². The van der Waals surface area contributed by atoms with Crippen LogP contribution in [0.3, 0.4) is 0 Å². The molecule has 9 nitrogen and oxygen atoms in total. The van der Waals surface area contributed by atoms with Gasteiger partial charge in [0.1, 0.15) is 6.04 Å². The van der Waals surface area contributed by atoms with Crippen molar-refractivity contribution < 1.29 is 33.4 Å². The van der Waals surface area contributed by atoms with Crippen LogP contribution in [0.15, 0.2) is 48.5 Å². The number of nitrogens with zero attached hydrogens (tertiary/aromatic N) is 1. The third-order valence-electron chi connectivity index (χ3n) is 5.08. The quantitative estimate of drug-likeness (QED) is 0.338. The second kappa shape index (κ2) is 9.86.